The average Bonchev–Trinajstić information content (AvgIpc) is 2.51. The van der Waals surface area contributed by atoms with Gasteiger partial charge in [-0.05, 0) is 39.7 Å². The van der Waals surface area contributed by atoms with E-state index in [4.69, 9.17) is 4.74 Å². The van der Waals surface area contributed by atoms with E-state index in [1.807, 2.05) is 6.92 Å². The van der Waals surface area contributed by atoms with Gasteiger partial charge in [0.1, 0.15) is 11.6 Å². The maximum atomic E-state index is 14.4. The van der Waals surface area contributed by atoms with Gasteiger partial charge in [0.05, 0.1) is 11.0 Å². The van der Waals surface area contributed by atoms with E-state index in [0.717, 1.165) is 6.07 Å². The quantitative estimate of drug-likeness (QED) is 0.896. The number of hydrogen-bond donors (Lipinski definition) is 1. The Morgan fingerprint density at radius 1 is 1.33 bits per heavy atom. The first-order valence-electron chi connectivity index (χ1n) is 8.24. The van der Waals surface area contributed by atoms with Crippen LogP contribution in [-0.2, 0) is 14.9 Å². The number of hydrogen-bond acceptors (Lipinski definition) is 3. The van der Waals surface area contributed by atoms with Crippen molar-refractivity contribution in [1.29, 1.82) is 0 Å². The van der Waals surface area contributed by atoms with Crippen LogP contribution >= 0.6 is 0 Å². The lowest BCUT2D eigenvalue weighted by atomic mass is 9.72. The predicted octanol–water partition coefficient (Wildman–Crippen LogP) is 2.63. The second kappa shape index (κ2) is 7.15. The van der Waals surface area contributed by atoms with E-state index in [1.54, 1.807) is 13.8 Å². The molecular formula is C18H25F2NO3. The van der Waals surface area contributed by atoms with Crippen molar-refractivity contribution >= 4 is 5.91 Å². The molecule has 0 bridgehead atoms. The topological polar surface area (TPSA) is 49.8 Å². The summed E-state index contributed by atoms with van der Waals surface area (Å²) in [7, 11) is 0. The maximum Gasteiger partial charge on any atom is 0.233 e. The number of nitrogens with zero attached hydrogens (tertiary/aromatic N) is 1. The molecular weight excluding hydrogens is 316 g/mol. The summed E-state index contributed by atoms with van der Waals surface area (Å²) >= 11 is 0. The number of rotatable bonds is 5. The third kappa shape index (κ3) is 3.92. The van der Waals surface area contributed by atoms with Gasteiger partial charge in [0.2, 0.25) is 5.91 Å². The summed E-state index contributed by atoms with van der Waals surface area (Å²) in [6.07, 6.45) is 0.660. The molecule has 4 nitrogen and oxygen atoms in total. The predicted molar refractivity (Wildman–Crippen MR) is 86.6 cm³/mol. The lowest BCUT2D eigenvalue weighted by Gasteiger charge is -2.41. The molecule has 0 radical (unpaired) electrons. The molecule has 0 aromatic heterocycles. The fourth-order valence-electron chi connectivity index (χ4n) is 3.29. The van der Waals surface area contributed by atoms with E-state index in [2.05, 4.69) is 0 Å². The Morgan fingerprint density at radius 3 is 2.46 bits per heavy atom. The molecule has 1 N–H and O–H groups in total. The number of ether oxygens (including phenoxy) is 1. The van der Waals surface area contributed by atoms with Crippen LogP contribution in [0.25, 0.3) is 0 Å². The zero-order valence-corrected chi connectivity index (χ0v) is 14.4. The zero-order valence-electron chi connectivity index (χ0n) is 14.4. The van der Waals surface area contributed by atoms with Gasteiger partial charge in [0, 0.05) is 37.9 Å². The molecule has 1 fully saturated rings. The van der Waals surface area contributed by atoms with Gasteiger partial charge in [0.25, 0.3) is 0 Å². The molecule has 0 atom stereocenters. The second-order valence-corrected chi connectivity index (χ2v) is 6.95. The van der Waals surface area contributed by atoms with Crippen molar-refractivity contribution in [3.8, 4) is 0 Å². The van der Waals surface area contributed by atoms with Crippen LogP contribution in [-0.4, -0.2) is 47.8 Å². The average molecular weight is 341 g/mol. The van der Waals surface area contributed by atoms with E-state index in [0.29, 0.717) is 32.6 Å². The lowest BCUT2D eigenvalue weighted by molar-refractivity contribution is -0.144. The Balaban J connectivity index is 2.45. The highest BCUT2D eigenvalue weighted by Crippen LogP contribution is 2.38. The number of aliphatic hydroxyl groups is 1. The standard InChI is InChI=1S/C18H25F2NO3/c1-4-21(12-17(2,3)23)16(22)18(7-9-24-10-8-18)14-6-5-13(19)11-15(14)20/h5-6,11,23H,4,7-10,12H2,1-3H3. The molecule has 134 valence electrons. The van der Waals surface area contributed by atoms with Crippen LogP contribution in [0.4, 0.5) is 8.78 Å². The summed E-state index contributed by atoms with van der Waals surface area (Å²) in [6, 6.07) is 3.34. The van der Waals surface area contributed by atoms with Crippen LogP contribution in [0, 0.1) is 11.6 Å². The molecule has 2 rings (SSSR count). The molecule has 0 unspecified atom stereocenters. The number of carbonyl (C=O) groups is 1. The highest BCUT2D eigenvalue weighted by atomic mass is 19.1. The number of benzene rings is 1. The molecule has 1 aliphatic rings. The summed E-state index contributed by atoms with van der Waals surface area (Å²) < 4.78 is 33.1. The van der Waals surface area contributed by atoms with Crippen molar-refractivity contribution in [2.24, 2.45) is 0 Å². The van der Waals surface area contributed by atoms with Crippen molar-refractivity contribution in [2.45, 2.75) is 44.6 Å². The zero-order chi connectivity index (χ0) is 18.0. The monoisotopic (exact) mass is 341 g/mol. The Kier molecular flexibility index (Phi) is 5.60. The summed E-state index contributed by atoms with van der Waals surface area (Å²) in [5.41, 5.74) is -1.94. The molecule has 1 heterocycles. The minimum absolute atomic E-state index is 0.147. The van der Waals surface area contributed by atoms with Crippen LogP contribution in [0.3, 0.4) is 0 Å². The molecule has 1 amide bonds. The van der Waals surface area contributed by atoms with Crippen LogP contribution in [0.15, 0.2) is 18.2 Å². The van der Waals surface area contributed by atoms with Crippen molar-refractivity contribution in [1.82, 2.24) is 4.90 Å². The summed E-state index contributed by atoms with van der Waals surface area (Å²) in [4.78, 5) is 14.8. The normalized spacial score (nSPS) is 17.6. The molecule has 0 spiro atoms. The first-order chi connectivity index (χ1) is 11.2. The smallest absolute Gasteiger partial charge is 0.233 e. The molecule has 24 heavy (non-hydrogen) atoms. The Bertz CT molecular complexity index is 592. The highest BCUT2D eigenvalue weighted by Gasteiger charge is 2.46. The van der Waals surface area contributed by atoms with E-state index in [-0.39, 0.29) is 18.0 Å². The SMILES string of the molecule is CCN(CC(C)(C)O)C(=O)C1(c2ccc(F)cc2F)CCOCC1. The van der Waals surface area contributed by atoms with Crippen LogP contribution in [0.1, 0.15) is 39.2 Å². The maximum absolute atomic E-state index is 14.4. The minimum atomic E-state index is -1.09. The summed E-state index contributed by atoms with van der Waals surface area (Å²) in [5.74, 6) is -1.64. The number of halogens is 2. The fraction of sp³-hybridized carbons (Fsp3) is 0.611. The van der Waals surface area contributed by atoms with Crippen LogP contribution in [0.5, 0.6) is 0 Å². The molecule has 0 aliphatic carbocycles. The number of amides is 1. The van der Waals surface area contributed by atoms with Gasteiger partial charge in [-0.15, -0.1) is 0 Å². The molecule has 6 heteroatoms. The van der Waals surface area contributed by atoms with Crippen LogP contribution < -0.4 is 0 Å². The van der Waals surface area contributed by atoms with Gasteiger partial charge in [0.15, 0.2) is 0 Å². The molecule has 1 aromatic carbocycles. The van der Waals surface area contributed by atoms with Crippen molar-refractivity contribution in [3.63, 3.8) is 0 Å². The van der Waals surface area contributed by atoms with E-state index in [1.165, 1.54) is 17.0 Å². The minimum Gasteiger partial charge on any atom is -0.389 e. The Hall–Kier alpha value is -1.53. The van der Waals surface area contributed by atoms with E-state index < -0.39 is 22.7 Å². The van der Waals surface area contributed by atoms with E-state index in [9.17, 15) is 18.7 Å². The number of likely N-dealkylation sites (N-methyl/N-ethyl adjacent to an activating group) is 1. The van der Waals surface area contributed by atoms with Crippen molar-refractivity contribution in [2.75, 3.05) is 26.3 Å². The largest absolute Gasteiger partial charge is 0.389 e. The summed E-state index contributed by atoms with van der Waals surface area (Å²) in [5, 5.41) is 10.1. The summed E-state index contributed by atoms with van der Waals surface area (Å²) in [6.45, 7) is 6.28. The third-order valence-corrected chi connectivity index (χ3v) is 4.45. The Labute approximate surface area is 141 Å². The molecule has 1 aromatic rings. The highest BCUT2D eigenvalue weighted by molar-refractivity contribution is 5.88. The van der Waals surface area contributed by atoms with Gasteiger partial charge in [-0.25, -0.2) is 8.78 Å². The fourth-order valence-corrected chi connectivity index (χ4v) is 3.29. The molecule has 0 saturated carbocycles. The van der Waals surface area contributed by atoms with E-state index >= 15 is 0 Å². The van der Waals surface area contributed by atoms with Gasteiger partial charge in [-0.2, -0.15) is 0 Å². The third-order valence-electron chi connectivity index (χ3n) is 4.45. The van der Waals surface area contributed by atoms with Crippen molar-refractivity contribution < 1.29 is 23.4 Å². The lowest BCUT2D eigenvalue weighted by Crippen LogP contribution is -2.53. The van der Waals surface area contributed by atoms with Gasteiger partial charge in [-0.1, -0.05) is 6.07 Å². The number of carbonyl (C=O) groups excluding carboxylic acids is 1. The first kappa shape index (κ1) is 18.8. The van der Waals surface area contributed by atoms with Gasteiger partial charge in [-0.3, -0.25) is 4.79 Å². The molecule has 1 aliphatic heterocycles. The van der Waals surface area contributed by atoms with Gasteiger partial charge < -0.3 is 14.7 Å². The van der Waals surface area contributed by atoms with Crippen LogP contribution in [0.2, 0.25) is 0 Å². The van der Waals surface area contributed by atoms with Crippen molar-refractivity contribution in [3.05, 3.63) is 35.4 Å². The Morgan fingerprint density at radius 2 is 1.96 bits per heavy atom. The van der Waals surface area contributed by atoms with Gasteiger partial charge >= 0.3 is 0 Å². The second-order valence-electron chi connectivity index (χ2n) is 6.95. The molecule has 1 saturated heterocycles. The first-order valence-corrected chi connectivity index (χ1v) is 8.24.